The summed E-state index contributed by atoms with van der Waals surface area (Å²) >= 11 is 0. The van der Waals surface area contributed by atoms with Crippen molar-refractivity contribution in [1.82, 2.24) is 29.4 Å². The van der Waals surface area contributed by atoms with Gasteiger partial charge in [-0.3, -0.25) is 14.3 Å². The Morgan fingerprint density at radius 1 is 1.06 bits per heavy atom. The van der Waals surface area contributed by atoms with E-state index in [2.05, 4.69) is 51.7 Å². The highest BCUT2D eigenvalue weighted by Gasteiger charge is 2.22. The van der Waals surface area contributed by atoms with Crippen LogP contribution in [0.15, 0.2) is 42.7 Å². The van der Waals surface area contributed by atoms with E-state index in [9.17, 15) is 9.59 Å². The minimum atomic E-state index is -0.314. The first-order valence-electron chi connectivity index (χ1n) is 10.8. The molecule has 4 rings (SSSR count). The average Bonchev–Trinajstić information content (AvgIpc) is 3.34. The SMILES string of the molecule is CCn1ncc(NC(=O)Cn2nc(C)c3c(-c4ccc(C)cc4)ccnc32)c1C(=O)N(C)C. The number of nitrogens with one attached hydrogen (secondary N) is 1. The summed E-state index contributed by atoms with van der Waals surface area (Å²) in [7, 11) is 3.33. The molecule has 2 amide bonds. The first-order valence-corrected chi connectivity index (χ1v) is 10.8. The van der Waals surface area contributed by atoms with Crippen LogP contribution in [0, 0.1) is 13.8 Å². The number of carbonyl (C=O) groups is 2. The lowest BCUT2D eigenvalue weighted by molar-refractivity contribution is -0.116. The van der Waals surface area contributed by atoms with Crippen molar-refractivity contribution in [3.8, 4) is 11.1 Å². The van der Waals surface area contributed by atoms with Gasteiger partial charge in [-0.1, -0.05) is 29.8 Å². The van der Waals surface area contributed by atoms with Crippen LogP contribution >= 0.6 is 0 Å². The van der Waals surface area contributed by atoms with Gasteiger partial charge in [0.25, 0.3) is 5.91 Å². The molecule has 0 radical (unpaired) electrons. The molecule has 3 aromatic heterocycles. The van der Waals surface area contributed by atoms with E-state index in [0.717, 1.165) is 22.2 Å². The van der Waals surface area contributed by atoms with Gasteiger partial charge in [0, 0.05) is 32.2 Å². The molecular weight excluding hydrogens is 418 g/mol. The first kappa shape index (κ1) is 22.2. The highest BCUT2D eigenvalue weighted by molar-refractivity contribution is 6.02. The number of pyridine rings is 1. The number of aryl methyl sites for hydroxylation is 3. The van der Waals surface area contributed by atoms with Crippen molar-refractivity contribution in [1.29, 1.82) is 0 Å². The lowest BCUT2D eigenvalue weighted by Crippen LogP contribution is -2.27. The Kier molecular flexibility index (Phi) is 5.95. The number of anilines is 1. The molecule has 1 N–H and O–H groups in total. The molecule has 0 unspecified atom stereocenters. The van der Waals surface area contributed by atoms with Gasteiger partial charge in [0.05, 0.1) is 17.6 Å². The van der Waals surface area contributed by atoms with Gasteiger partial charge in [-0.2, -0.15) is 10.2 Å². The molecule has 0 fully saturated rings. The number of fused-ring (bicyclic) bond motifs is 1. The summed E-state index contributed by atoms with van der Waals surface area (Å²) in [5, 5.41) is 12.5. The van der Waals surface area contributed by atoms with E-state index in [1.807, 2.05) is 19.9 Å². The predicted octanol–water partition coefficient (Wildman–Crippen LogP) is 3.27. The van der Waals surface area contributed by atoms with E-state index in [1.165, 1.54) is 16.7 Å². The van der Waals surface area contributed by atoms with Crippen molar-refractivity contribution in [2.75, 3.05) is 19.4 Å². The van der Waals surface area contributed by atoms with Gasteiger partial charge in [-0.25, -0.2) is 9.67 Å². The molecule has 0 saturated heterocycles. The molecule has 4 aromatic rings. The summed E-state index contributed by atoms with van der Waals surface area (Å²) in [5.41, 5.74) is 5.43. The quantitative estimate of drug-likeness (QED) is 0.491. The van der Waals surface area contributed by atoms with E-state index < -0.39 is 0 Å². The minimum Gasteiger partial charge on any atom is -0.343 e. The van der Waals surface area contributed by atoms with Crippen LogP contribution in [0.4, 0.5) is 5.69 Å². The van der Waals surface area contributed by atoms with Crippen LogP contribution in [-0.2, 0) is 17.9 Å². The van der Waals surface area contributed by atoms with Crippen LogP contribution < -0.4 is 5.32 Å². The summed E-state index contributed by atoms with van der Waals surface area (Å²) < 4.78 is 3.16. The molecule has 1 aromatic carbocycles. The fraction of sp³-hybridized carbons (Fsp3) is 0.292. The topological polar surface area (TPSA) is 97.9 Å². The summed E-state index contributed by atoms with van der Waals surface area (Å²) in [6, 6.07) is 10.2. The van der Waals surface area contributed by atoms with Crippen LogP contribution in [0.3, 0.4) is 0 Å². The van der Waals surface area contributed by atoms with Crippen LogP contribution in [-0.4, -0.2) is 55.4 Å². The second kappa shape index (κ2) is 8.85. The molecule has 0 atom stereocenters. The molecule has 9 nitrogen and oxygen atoms in total. The van der Waals surface area contributed by atoms with Crippen molar-refractivity contribution in [3.05, 3.63) is 59.7 Å². The smallest absolute Gasteiger partial charge is 0.273 e. The molecule has 9 heteroatoms. The maximum Gasteiger partial charge on any atom is 0.273 e. The average molecular weight is 446 g/mol. The van der Waals surface area contributed by atoms with Gasteiger partial charge >= 0.3 is 0 Å². The summed E-state index contributed by atoms with van der Waals surface area (Å²) in [6.45, 7) is 6.33. The number of benzene rings is 1. The molecule has 0 aliphatic carbocycles. The highest BCUT2D eigenvalue weighted by atomic mass is 16.2. The first-order chi connectivity index (χ1) is 15.8. The predicted molar refractivity (Wildman–Crippen MR) is 127 cm³/mol. The number of nitrogens with zero attached hydrogens (tertiary/aromatic N) is 6. The number of aromatic nitrogens is 5. The van der Waals surface area contributed by atoms with E-state index in [-0.39, 0.29) is 18.4 Å². The molecule has 0 aliphatic rings. The molecule has 0 bridgehead atoms. The minimum absolute atomic E-state index is 0.0401. The Hall–Kier alpha value is -4.01. The van der Waals surface area contributed by atoms with E-state index in [0.29, 0.717) is 23.6 Å². The Labute approximate surface area is 192 Å². The second-order valence-corrected chi connectivity index (χ2v) is 8.14. The number of amides is 2. The van der Waals surface area contributed by atoms with Gasteiger partial charge < -0.3 is 10.2 Å². The van der Waals surface area contributed by atoms with Gasteiger partial charge in [-0.05, 0) is 38.0 Å². The van der Waals surface area contributed by atoms with Crippen LogP contribution in [0.1, 0.15) is 28.7 Å². The standard InChI is InChI=1S/C24H27N7O2/c1-6-30-22(24(33)29(4)5)19(13-26-30)27-20(32)14-31-23-21(16(3)28-31)18(11-12-25-23)17-9-7-15(2)8-10-17/h7-13H,6,14H2,1-5H3,(H,27,32). The fourth-order valence-electron chi connectivity index (χ4n) is 3.85. The Bertz CT molecular complexity index is 1330. The van der Waals surface area contributed by atoms with Gasteiger partial charge in [0.2, 0.25) is 5.91 Å². The van der Waals surface area contributed by atoms with E-state index in [4.69, 9.17) is 0 Å². The van der Waals surface area contributed by atoms with E-state index >= 15 is 0 Å². The fourth-order valence-corrected chi connectivity index (χ4v) is 3.85. The Morgan fingerprint density at radius 2 is 1.79 bits per heavy atom. The Balaban J connectivity index is 1.64. The lowest BCUT2D eigenvalue weighted by atomic mass is 10.0. The van der Waals surface area contributed by atoms with Gasteiger partial charge in [0.1, 0.15) is 12.2 Å². The van der Waals surface area contributed by atoms with Gasteiger partial charge in [-0.15, -0.1) is 0 Å². The molecular formula is C24H27N7O2. The summed E-state index contributed by atoms with van der Waals surface area (Å²) in [6.07, 6.45) is 3.23. The number of hydrogen-bond donors (Lipinski definition) is 1. The van der Waals surface area contributed by atoms with Crippen LogP contribution in [0.2, 0.25) is 0 Å². The maximum absolute atomic E-state index is 12.9. The van der Waals surface area contributed by atoms with Gasteiger partial charge in [0.15, 0.2) is 5.65 Å². The van der Waals surface area contributed by atoms with Crippen molar-refractivity contribution in [3.63, 3.8) is 0 Å². The van der Waals surface area contributed by atoms with Crippen LogP contribution in [0.5, 0.6) is 0 Å². The van der Waals surface area contributed by atoms with Crippen molar-refractivity contribution in [2.45, 2.75) is 33.9 Å². The number of carbonyl (C=O) groups excluding carboxylic acids is 2. The zero-order valence-corrected chi connectivity index (χ0v) is 19.5. The largest absolute Gasteiger partial charge is 0.343 e. The highest BCUT2D eigenvalue weighted by Crippen LogP contribution is 2.30. The molecule has 0 aliphatic heterocycles. The third kappa shape index (κ3) is 4.21. The number of hydrogen-bond acceptors (Lipinski definition) is 5. The lowest BCUT2D eigenvalue weighted by Gasteiger charge is -2.13. The molecule has 0 saturated carbocycles. The monoisotopic (exact) mass is 445 g/mol. The summed E-state index contributed by atoms with van der Waals surface area (Å²) in [5.74, 6) is -0.542. The summed E-state index contributed by atoms with van der Waals surface area (Å²) in [4.78, 5) is 31.5. The molecule has 33 heavy (non-hydrogen) atoms. The van der Waals surface area contributed by atoms with E-state index in [1.54, 1.807) is 29.7 Å². The molecule has 0 spiro atoms. The third-order valence-electron chi connectivity index (χ3n) is 5.49. The third-order valence-corrected chi connectivity index (χ3v) is 5.49. The Morgan fingerprint density at radius 3 is 2.45 bits per heavy atom. The van der Waals surface area contributed by atoms with Crippen LogP contribution in [0.25, 0.3) is 22.2 Å². The zero-order chi connectivity index (χ0) is 23.7. The van der Waals surface area contributed by atoms with Crippen molar-refractivity contribution >= 4 is 28.5 Å². The van der Waals surface area contributed by atoms with Crippen molar-refractivity contribution < 1.29 is 9.59 Å². The molecule has 3 heterocycles. The zero-order valence-electron chi connectivity index (χ0n) is 19.5. The maximum atomic E-state index is 12.9. The van der Waals surface area contributed by atoms with Crippen molar-refractivity contribution in [2.24, 2.45) is 0 Å². The molecule has 170 valence electrons. The normalized spacial score (nSPS) is 11.1. The number of rotatable bonds is 6. The second-order valence-electron chi connectivity index (χ2n) is 8.14.